The minimum Gasteiger partial charge on any atom is -0.277 e. The van der Waals surface area contributed by atoms with E-state index in [2.05, 4.69) is 9.71 Å². The van der Waals surface area contributed by atoms with Gasteiger partial charge in [0, 0.05) is 11.1 Å². The van der Waals surface area contributed by atoms with E-state index in [-0.39, 0.29) is 4.90 Å². The molecule has 3 rings (SSSR count). The highest BCUT2D eigenvalue weighted by Crippen LogP contribution is 2.25. The first-order valence-electron chi connectivity index (χ1n) is 7.48. The lowest BCUT2D eigenvalue weighted by Gasteiger charge is -2.11. The second-order valence-electron chi connectivity index (χ2n) is 5.45. The lowest BCUT2D eigenvalue weighted by atomic mass is 10.1. The SMILES string of the molecule is CCc1ccc2cccc(NS(=O)(=O)c3ccc(C)cc3)c2n1. The number of fused-ring (bicyclic) bond motifs is 1. The molecule has 3 aromatic rings. The lowest BCUT2D eigenvalue weighted by molar-refractivity contribution is 0.601. The Morgan fingerprint density at radius 1 is 1.00 bits per heavy atom. The van der Waals surface area contributed by atoms with E-state index in [0.717, 1.165) is 23.1 Å². The van der Waals surface area contributed by atoms with Crippen molar-refractivity contribution in [3.05, 3.63) is 65.9 Å². The number of aryl methyl sites for hydroxylation is 2. The Balaban J connectivity index is 2.05. The van der Waals surface area contributed by atoms with Crippen LogP contribution >= 0.6 is 0 Å². The molecule has 0 unspecified atom stereocenters. The third-order valence-electron chi connectivity index (χ3n) is 3.72. The molecule has 1 heterocycles. The molecule has 5 heteroatoms. The predicted molar refractivity (Wildman–Crippen MR) is 93.1 cm³/mol. The smallest absolute Gasteiger partial charge is 0.261 e. The number of sulfonamides is 1. The fraction of sp³-hybridized carbons (Fsp3) is 0.167. The summed E-state index contributed by atoms with van der Waals surface area (Å²) in [6.45, 7) is 3.94. The molecule has 0 fully saturated rings. The summed E-state index contributed by atoms with van der Waals surface area (Å²) >= 11 is 0. The maximum absolute atomic E-state index is 12.6. The van der Waals surface area contributed by atoms with Crippen molar-refractivity contribution in [1.29, 1.82) is 0 Å². The summed E-state index contributed by atoms with van der Waals surface area (Å²) in [5.41, 5.74) is 3.11. The first-order chi connectivity index (χ1) is 11.0. The van der Waals surface area contributed by atoms with Gasteiger partial charge in [0.2, 0.25) is 0 Å². The van der Waals surface area contributed by atoms with Gasteiger partial charge in [-0.15, -0.1) is 0 Å². The third kappa shape index (κ3) is 3.19. The fourth-order valence-electron chi connectivity index (χ4n) is 2.39. The number of hydrogen-bond donors (Lipinski definition) is 1. The average molecular weight is 326 g/mol. The van der Waals surface area contributed by atoms with Crippen molar-refractivity contribution in [3.8, 4) is 0 Å². The van der Waals surface area contributed by atoms with Crippen LogP contribution in [-0.2, 0) is 16.4 Å². The van der Waals surface area contributed by atoms with E-state index in [9.17, 15) is 8.42 Å². The molecule has 0 aliphatic rings. The van der Waals surface area contributed by atoms with E-state index in [1.165, 1.54) is 0 Å². The van der Waals surface area contributed by atoms with E-state index in [1.807, 2.05) is 38.1 Å². The molecule has 0 spiro atoms. The molecule has 118 valence electrons. The Bertz CT molecular complexity index is 948. The van der Waals surface area contributed by atoms with Gasteiger partial charge in [-0.1, -0.05) is 42.8 Å². The minimum atomic E-state index is -3.63. The van der Waals surface area contributed by atoms with Crippen LogP contribution in [0.1, 0.15) is 18.2 Å². The number of pyridine rings is 1. The maximum Gasteiger partial charge on any atom is 0.261 e. The second kappa shape index (κ2) is 6.01. The summed E-state index contributed by atoms with van der Waals surface area (Å²) in [5.74, 6) is 0. The van der Waals surface area contributed by atoms with Gasteiger partial charge in [0.05, 0.1) is 16.1 Å². The van der Waals surface area contributed by atoms with Crippen LogP contribution in [0.15, 0.2) is 59.5 Å². The lowest BCUT2D eigenvalue weighted by Crippen LogP contribution is -2.13. The Morgan fingerprint density at radius 2 is 1.74 bits per heavy atom. The van der Waals surface area contributed by atoms with Crippen LogP contribution in [-0.4, -0.2) is 13.4 Å². The van der Waals surface area contributed by atoms with Crippen molar-refractivity contribution >= 4 is 26.6 Å². The van der Waals surface area contributed by atoms with Crippen LogP contribution < -0.4 is 4.72 Å². The number of nitrogens with zero attached hydrogens (tertiary/aromatic N) is 1. The van der Waals surface area contributed by atoms with Crippen LogP contribution in [0, 0.1) is 6.92 Å². The summed E-state index contributed by atoms with van der Waals surface area (Å²) in [6.07, 6.45) is 0.801. The van der Waals surface area contributed by atoms with E-state index >= 15 is 0 Å². The zero-order valence-electron chi connectivity index (χ0n) is 13.1. The first-order valence-corrected chi connectivity index (χ1v) is 8.96. The number of hydrogen-bond acceptors (Lipinski definition) is 3. The van der Waals surface area contributed by atoms with E-state index in [1.54, 1.807) is 30.3 Å². The first kappa shape index (κ1) is 15.5. The van der Waals surface area contributed by atoms with Gasteiger partial charge in [-0.25, -0.2) is 8.42 Å². The molecular formula is C18H18N2O2S. The topological polar surface area (TPSA) is 59.1 Å². The Kier molecular flexibility index (Phi) is 4.05. The monoisotopic (exact) mass is 326 g/mol. The van der Waals surface area contributed by atoms with Crippen LogP contribution in [0.3, 0.4) is 0 Å². The average Bonchev–Trinajstić information content (AvgIpc) is 2.55. The standard InChI is InChI=1S/C18H18N2O2S/c1-3-15-10-9-14-5-4-6-17(18(14)19-15)20-23(21,22)16-11-7-13(2)8-12-16/h4-12,20H,3H2,1-2H3. The molecule has 0 saturated heterocycles. The van der Waals surface area contributed by atoms with Gasteiger partial charge in [-0.05, 0) is 37.6 Å². The molecule has 0 radical (unpaired) electrons. The van der Waals surface area contributed by atoms with E-state index < -0.39 is 10.0 Å². The number of anilines is 1. The fourth-order valence-corrected chi connectivity index (χ4v) is 3.45. The van der Waals surface area contributed by atoms with Crippen molar-refractivity contribution in [1.82, 2.24) is 4.98 Å². The molecule has 0 amide bonds. The molecule has 0 saturated carbocycles. The summed E-state index contributed by atoms with van der Waals surface area (Å²) in [4.78, 5) is 4.80. The molecule has 4 nitrogen and oxygen atoms in total. The number of rotatable bonds is 4. The normalized spacial score (nSPS) is 11.6. The van der Waals surface area contributed by atoms with Gasteiger partial charge in [-0.3, -0.25) is 9.71 Å². The van der Waals surface area contributed by atoms with Crippen LogP contribution in [0.25, 0.3) is 10.9 Å². The Labute approximate surface area is 136 Å². The Morgan fingerprint density at radius 3 is 2.43 bits per heavy atom. The maximum atomic E-state index is 12.6. The molecule has 1 aromatic heterocycles. The molecule has 0 aliphatic heterocycles. The number of para-hydroxylation sites is 1. The van der Waals surface area contributed by atoms with E-state index in [0.29, 0.717) is 11.2 Å². The molecule has 23 heavy (non-hydrogen) atoms. The number of benzene rings is 2. The van der Waals surface area contributed by atoms with Crippen LogP contribution in [0.5, 0.6) is 0 Å². The van der Waals surface area contributed by atoms with Crippen LogP contribution in [0.2, 0.25) is 0 Å². The largest absolute Gasteiger partial charge is 0.277 e. The molecule has 0 bridgehead atoms. The van der Waals surface area contributed by atoms with Gasteiger partial charge in [-0.2, -0.15) is 0 Å². The second-order valence-corrected chi connectivity index (χ2v) is 7.13. The highest BCUT2D eigenvalue weighted by atomic mass is 32.2. The molecular weight excluding hydrogens is 308 g/mol. The summed E-state index contributed by atoms with van der Waals surface area (Å²) in [6, 6.07) is 16.2. The van der Waals surface area contributed by atoms with Crippen molar-refractivity contribution in [2.24, 2.45) is 0 Å². The summed E-state index contributed by atoms with van der Waals surface area (Å²) in [5, 5.41) is 0.909. The van der Waals surface area contributed by atoms with Crippen LogP contribution in [0.4, 0.5) is 5.69 Å². The predicted octanol–water partition coefficient (Wildman–Crippen LogP) is 3.91. The summed E-state index contributed by atoms with van der Waals surface area (Å²) in [7, 11) is -3.63. The molecule has 1 N–H and O–H groups in total. The van der Waals surface area contributed by atoms with Crippen molar-refractivity contribution in [3.63, 3.8) is 0 Å². The van der Waals surface area contributed by atoms with Crippen molar-refractivity contribution in [2.75, 3.05) is 4.72 Å². The van der Waals surface area contributed by atoms with Crippen molar-refractivity contribution in [2.45, 2.75) is 25.2 Å². The molecule has 2 aromatic carbocycles. The van der Waals surface area contributed by atoms with E-state index in [4.69, 9.17) is 0 Å². The molecule has 0 atom stereocenters. The van der Waals surface area contributed by atoms with Gasteiger partial charge in [0.25, 0.3) is 10.0 Å². The minimum absolute atomic E-state index is 0.242. The molecule has 0 aliphatic carbocycles. The Hall–Kier alpha value is -2.40. The van der Waals surface area contributed by atoms with Crippen molar-refractivity contribution < 1.29 is 8.42 Å². The highest BCUT2D eigenvalue weighted by molar-refractivity contribution is 7.92. The van der Waals surface area contributed by atoms with Gasteiger partial charge in [0.15, 0.2) is 0 Å². The van der Waals surface area contributed by atoms with Gasteiger partial charge < -0.3 is 0 Å². The zero-order chi connectivity index (χ0) is 16.4. The highest BCUT2D eigenvalue weighted by Gasteiger charge is 2.15. The number of aromatic nitrogens is 1. The van der Waals surface area contributed by atoms with Gasteiger partial charge >= 0.3 is 0 Å². The zero-order valence-corrected chi connectivity index (χ0v) is 13.9. The number of nitrogens with one attached hydrogen (secondary N) is 1. The van der Waals surface area contributed by atoms with Gasteiger partial charge in [0.1, 0.15) is 0 Å². The third-order valence-corrected chi connectivity index (χ3v) is 5.10. The summed E-state index contributed by atoms with van der Waals surface area (Å²) < 4.78 is 27.8. The quantitative estimate of drug-likeness (QED) is 0.791.